The number of fused-ring (bicyclic) bond motifs is 2. The summed E-state index contributed by atoms with van der Waals surface area (Å²) in [6.45, 7) is 12.8. The highest BCUT2D eigenvalue weighted by Crippen LogP contribution is 2.72. The number of aliphatic hydroxyl groups is 3. The van der Waals surface area contributed by atoms with E-state index < -0.39 is 84.0 Å². The number of ether oxygens (including phenoxy) is 3. The minimum Gasteiger partial charge on any atom is -0.479 e. The number of carbonyl (C=O) groups excluding carboxylic acids is 5. The minimum absolute atomic E-state index is 0.0254. The summed E-state index contributed by atoms with van der Waals surface area (Å²) in [4.78, 5) is 104. The van der Waals surface area contributed by atoms with Gasteiger partial charge >= 0.3 is 18.0 Å². The zero-order chi connectivity index (χ0) is 68.8. The molecule has 27 heteroatoms. The zero-order valence-electron chi connectivity index (χ0n) is 54.7. The number of pyridine rings is 1. The van der Waals surface area contributed by atoms with E-state index in [1.807, 2.05) is 59.0 Å². The molecule has 512 valence electrons. The Morgan fingerprint density at radius 1 is 0.833 bits per heavy atom. The van der Waals surface area contributed by atoms with E-state index in [4.69, 9.17) is 35.8 Å². The smallest absolute Gasteiger partial charge is 0.410 e. The first-order chi connectivity index (χ1) is 45.5. The fourth-order valence-electron chi connectivity index (χ4n) is 16.3. The van der Waals surface area contributed by atoms with Crippen LogP contribution >= 0.6 is 11.3 Å². The number of nitrogens with zero attached hydrogens (tertiary/aromatic N) is 6. The van der Waals surface area contributed by atoms with Gasteiger partial charge in [0.25, 0.3) is 5.91 Å². The van der Waals surface area contributed by atoms with E-state index in [-0.39, 0.29) is 85.0 Å². The third-order valence-electron chi connectivity index (χ3n) is 19.9. The van der Waals surface area contributed by atoms with Crippen molar-refractivity contribution in [3.8, 4) is 11.1 Å². The van der Waals surface area contributed by atoms with Crippen LogP contribution in [-0.2, 0) is 65.9 Å². The fourth-order valence-corrected chi connectivity index (χ4v) is 17.1. The number of primary amides is 1. The largest absolute Gasteiger partial charge is 0.479 e. The lowest BCUT2D eigenvalue weighted by atomic mass is 9.39. The second-order valence-corrected chi connectivity index (χ2v) is 29.1. The summed E-state index contributed by atoms with van der Waals surface area (Å²) in [6.07, 6.45) is -2.09. The molecule has 9 atom stereocenters. The Hall–Kier alpha value is -8.44. The molecule has 96 heavy (non-hydrogen) atoms. The summed E-state index contributed by atoms with van der Waals surface area (Å²) in [5.74, 6) is -4.46. The summed E-state index contributed by atoms with van der Waals surface area (Å²) in [6, 6.07) is 19.9. The number of aliphatic carboxylic acids is 1. The van der Waals surface area contributed by atoms with E-state index in [9.17, 15) is 59.1 Å². The fraction of sp³-hybridized carbons (Fsp3) is 0.507. The first-order valence-electron chi connectivity index (χ1n) is 32.6. The van der Waals surface area contributed by atoms with Crippen molar-refractivity contribution in [2.45, 2.75) is 174 Å². The number of nitrogens with one attached hydrogen (secondary N) is 3. The van der Waals surface area contributed by atoms with Crippen molar-refractivity contribution in [2.24, 2.45) is 33.6 Å². The van der Waals surface area contributed by atoms with Gasteiger partial charge in [-0.15, -0.1) is 0 Å². The molecule has 4 aliphatic carbocycles. The van der Waals surface area contributed by atoms with Crippen molar-refractivity contribution in [3.63, 3.8) is 0 Å². The van der Waals surface area contributed by atoms with Crippen LogP contribution in [-0.4, -0.2) is 166 Å². The van der Waals surface area contributed by atoms with Gasteiger partial charge in [-0.25, -0.2) is 24.4 Å². The van der Waals surface area contributed by atoms with Crippen molar-refractivity contribution in [1.29, 1.82) is 0 Å². The first kappa shape index (κ1) is 68.9. The van der Waals surface area contributed by atoms with Crippen LogP contribution in [0.15, 0.2) is 79.0 Å². The lowest BCUT2D eigenvalue weighted by Gasteiger charge is -2.69. The average molecular weight is 1340 g/mol. The molecule has 1 saturated heterocycles. The van der Waals surface area contributed by atoms with Crippen molar-refractivity contribution in [1.82, 2.24) is 30.0 Å². The van der Waals surface area contributed by atoms with E-state index in [1.54, 1.807) is 50.4 Å². The molecule has 5 amide bonds. The Bertz CT molecular complexity index is 3940. The number of carboxylic acids is 2. The van der Waals surface area contributed by atoms with E-state index in [0.717, 1.165) is 59.1 Å². The lowest BCUT2D eigenvalue weighted by molar-refractivity contribution is -0.248. The highest BCUT2D eigenvalue weighted by molar-refractivity contribution is 7.22. The molecule has 5 fully saturated rings. The first-order valence-corrected chi connectivity index (χ1v) is 33.4. The summed E-state index contributed by atoms with van der Waals surface area (Å²) < 4.78 is 21.5. The molecule has 6 aromatic rings. The molecule has 12 N–H and O–H groups in total. The highest BCUT2D eigenvalue weighted by Gasteiger charge is 2.66. The number of hydrogen-bond acceptors (Lipinski definition) is 19. The summed E-state index contributed by atoms with van der Waals surface area (Å²) in [5, 5.41) is 66.1. The summed E-state index contributed by atoms with van der Waals surface area (Å²) in [5.41, 5.74) is 16.7. The maximum atomic E-state index is 14.2. The Labute approximate surface area is 559 Å². The molecule has 0 radical (unpaired) electrons. The van der Waals surface area contributed by atoms with Gasteiger partial charge in [-0.2, -0.15) is 5.10 Å². The molecular formula is C69H85N11O15S. The topological polar surface area (TPSA) is 387 Å². The molecule has 12 rings (SSSR count). The van der Waals surface area contributed by atoms with Crippen molar-refractivity contribution >= 4 is 79.9 Å². The monoisotopic (exact) mass is 1340 g/mol. The number of anilines is 3. The van der Waals surface area contributed by atoms with Crippen LogP contribution in [0.1, 0.15) is 135 Å². The number of para-hydroxylation sites is 1. The molecule has 3 unspecified atom stereocenters. The second-order valence-electron chi connectivity index (χ2n) is 28.1. The van der Waals surface area contributed by atoms with Gasteiger partial charge in [0.2, 0.25) is 17.7 Å². The number of aryl methyl sites for hydroxylation is 1. The lowest BCUT2D eigenvalue weighted by Crippen LogP contribution is -2.64. The van der Waals surface area contributed by atoms with Crippen LogP contribution in [0, 0.1) is 29.1 Å². The molecule has 2 aliphatic heterocycles. The maximum Gasteiger partial charge on any atom is 0.410 e. The average Bonchev–Trinajstić information content (AvgIpc) is 0.828. The quantitative estimate of drug-likeness (QED) is 0.0300. The Kier molecular flexibility index (Phi) is 19.8. The van der Waals surface area contributed by atoms with Gasteiger partial charge in [-0.3, -0.25) is 29.2 Å². The molecule has 6 aliphatic rings. The van der Waals surface area contributed by atoms with Crippen LogP contribution in [0.3, 0.4) is 0 Å². The van der Waals surface area contributed by atoms with Crippen molar-refractivity contribution in [2.75, 3.05) is 41.8 Å². The SMILES string of the molecule is Cc1c(-c2ccc(N3CCc4cccc(C(=O)Nc5nc6ccccc6s5)c4C3)nc2C(=O)O)cnn1CC12CC3(C)CC(C)(C1)CC(OCCN(CCC(N)=O)C(=O)OCc1ccc(NC(=O)[C@H](C)NC(=O)[C@@H](N)C(C)C)cc1CCC1O[C@H](C(=O)O)[C@@H](O)[C@H](O)[C@H]1O)(C3)C2. The number of aromatic carboxylic acids is 1. The van der Waals surface area contributed by atoms with Crippen LogP contribution in [0.25, 0.3) is 21.3 Å². The molecule has 3 aromatic heterocycles. The number of benzene rings is 3. The van der Waals surface area contributed by atoms with Gasteiger partial charge in [0.05, 0.1) is 40.8 Å². The van der Waals surface area contributed by atoms with Gasteiger partial charge in [0.1, 0.15) is 36.8 Å². The Balaban J connectivity index is 0.764. The second kappa shape index (κ2) is 27.6. The third kappa shape index (κ3) is 14.8. The van der Waals surface area contributed by atoms with Crippen LogP contribution in [0.5, 0.6) is 0 Å². The number of thiazole rings is 1. The number of nitrogens with two attached hydrogens (primary N) is 2. The van der Waals surface area contributed by atoms with Crippen LogP contribution in [0.4, 0.5) is 21.4 Å². The normalized spacial score (nSPS) is 25.6. The number of rotatable bonds is 25. The Morgan fingerprint density at radius 3 is 2.29 bits per heavy atom. The van der Waals surface area contributed by atoms with Crippen molar-refractivity contribution in [3.05, 3.63) is 118 Å². The summed E-state index contributed by atoms with van der Waals surface area (Å²) >= 11 is 1.40. The molecule has 4 bridgehead atoms. The van der Waals surface area contributed by atoms with Gasteiger partial charge in [-0.05, 0) is 159 Å². The summed E-state index contributed by atoms with van der Waals surface area (Å²) in [7, 11) is 0. The van der Waals surface area contributed by atoms with E-state index >= 15 is 0 Å². The molecule has 0 spiro atoms. The molecule has 3 aromatic carbocycles. The zero-order valence-corrected chi connectivity index (χ0v) is 55.5. The number of carbonyl (C=O) groups is 7. The number of carboxylic acid groups (broad SMARTS) is 2. The van der Waals surface area contributed by atoms with Gasteiger partial charge in [0, 0.05) is 67.2 Å². The van der Waals surface area contributed by atoms with Crippen LogP contribution in [0.2, 0.25) is 0 Å². The van der Waals surface area contributed by atoms with Gasteiger partial charge in [-0.1, -0.05) is 69.4 Å². The van der Waals surface area contributed by atoms with E-state index in [0.29, 0.717) is 71.2 Å². The number of hydrogen-bond donors (Lipinski definition) is 10. The van der Waals surface area contributed by atoms with Gasteiger partial charge < -0.3 is 71.6 Å². The van der Waals surface area contributed by atoms with Crippen molar-refractivity contribution < 1.29 is 73.3 Å². The number of aliphatic hydroxyl groups excluding tert-OH is 3. The molecule has 5 heterocycles. The van der Waals surface area contributed by atoms with E-state index in [2.05, 4.69) is 34.8 Å². The Morgan fingerprint density at radius 2 is 1.58 bits per heavy atom. The number of aromatic nitrogens is 4. The molecular weight excluding hydrogens is 1250 g/mol. The minimum atomic E-state index is -1.90. The van der Waals surface area contributed by atoms with E-state index in [1.165, 1.54) is 23.2 Å². The van der Waals surface area contributed by atoms with Gasteiger partial charge in [0.15, 0.2) is 16.9 Å². The number of amides is 5. The van der Waals surface area contributed by atoms with Crippen LogP contribution < -0.4 is 32.3 Å². The molecule has 4 saturated carbocycles. The predicted molar refractivity (Wildman–Crippen MR) is 355 cm³/mol. The maximum absolute atomic E-state index is 14.2. The third-order valence-corrected chi connectivity index (χ3v) is 20.8. The highest BCUT2D eigenvalue weighted by atomic mass is 32.1. The standard InChI is InChI=1S/C69H85N11O15S/c1-37(2)53(71)61(87)73-38(3)59(85)74-43-16-14-42(41(26-43)15-18-49-55(82)56(83)57(84)58(95-49)63(90)91)29-93-65(92)78(23-21-51(70)81)24-25-94-69-33-66(5)30-67(6,34-69)32-68(31-66,35-69)36-80-39(4)46(27-72-80)44-17-19-52(76-54(44)62(88)89)79-22-20-40-10-9-11-45(47(40)28-79)60(86)77-64-75-48-12-7-8-13-50(48)96-64/h7-14,16-17,19,26-27,37-38,49,53,55-58,82-84H,15,18,20-25,28-36,71H2,1-6H3,(H2,70,81)(H,73,87)(H,74,85)(H,88,89)(H,90,91)(H,75,77,86)/t38-,49?,53-,55-,56+,57-,58-,66?,67?,68?,69?/m0/s1. The molecule has 26 nitrogen and oxygen atoms in total. The predicted octanol–water partition coefficient (Wildman–Crippen LogP) is 6.32.